The Hall–Kier alpha value is -1.98. The van der Waals surface area contributed by atoms with E-state index in [1.165, 1.54) is 29.8 Å². The second-order valence-corrected chi connectivity index (χ2v) is 6.59. The number of fused-ring (bicyclic) bond motifs is 1. The fraction of sp³-hybridized carbons (Fsp3) is 0.167. The minimum absolute atomic E-state index is 0.113. The maximum atomic E-state index is 13.1. The van der Waals surface area contributed by atoms with Crippen LogP contribution in [0.15, 0.2) is 36.5 Å². The van der Waals surface area contributed by atoms with E-state index < -0.39 is 17.6 Å². The molecular formula is C18H12Cl2F3NO. The number of nitrogens with zero attached hydrogens (tertiary/aromatic N) is 1. The Morgan fingerprint density at radius 1 is 1.04 bits per heavy atom. The normalized spacial score (nSPS) is 12.0. The molecule has 0 spiro atoms. The van der Waals surface area contributed by atoms with Crippen molar-refractivity contribution in [3.05, 3.63) is 68.8 Å². The third-order valence-corrected chi connectivity index (χ3v) is 4.64. The first-order chi connectivity index (χ1) is 11.6. The van der Waals surface area contributed by atoms with E-state index in [0.717, 1.165) is 12.1 Å². The summed E-state index contributed by atoms with van der Waals surface area (Å²) in [5.41, 5.74) is 0.672. The minimum atomic E-state index is -4.45. The molecule has 0 aliphatic heterocycles. The smallest absolute Gasteiger partial charge is 0.283 e. The number of hydrogen-bond acceptors (Lipinski definition) is 1. The lowest BCUT2D eigenvalue weighted by atomic mass is 10.0. The molecule has 0 saturated carbocycles. The summed E-state index contributed by atoms with van der Waals surface area (Å²) < 4.78 is 40.5. The predicted molar refractivity (Wildman–Crippen MR) is 92.6 cm³/mol. The molecule has 0 aliphatic rings. The molecule has 0 atom stereocenters. The summed E-state index contributed by atoms with van der Waals surface area (Å²) in [5.74, 6) is -0.489. The summed E-state index contributed by atoms with van der Waals surface area (Å²) in [6.07, 6.45) is -2.96. The number of benzene rings is 2. The van der Waals surface area contributed by atoms with Crippen molar-refractivity contribution in [2.75, 3.05) is 0 Å². The maximum Gasteiger partial charge on any atom is 0.416 e. The Morgan fingerprint density at radius 3 is 2.20 bits per heavy atom. The van der Waals surface area contributed by atoms with Crippen LogP contribution in [0.5, 0.6) is 0 Å². The van der Waals surface area contributed by atoms with Gasteiger partial charge in [0.05, 0.1) is 26.7 Å². The molecular weight excluding hydrogens is 374 g/mol. The van der Waals surface area contributed by atoms with Gasteiger partial charge in [0.2, 0.25) is 0 Å². The lowest BCUT2D eigenvalue weighted by Gasteiger charge is -2.12. The highest BCUT2D eigenvalue weighted by atomic mass is 35.5. The summed E-state index contributed by atoms with van der Waals surface area (Å²) in [4.78, 5) is 12.9. The molecule has 2 nitrogen and oxygen atoms in total. The van der Waals surface area contributed by atoms with Crippen molar-refractivity contribution >= 4 is 40.0 Å². The van der Waals surface area contributed by atoms with Gasteiger partial charge in [-0.2, -0.15) is 13.2 Å². The molecule has 1 aromatic heterocycles. The molecule has 25 heavy (non-hydrogen) atoms. The van der Waals surface area contributed by atoms with Crippen molar-refractivity contribution in [2.45, 2.75) is 20.0 Å². The van der Waals surface area contributed by atoms with Crippen molar-refractivity contribution in [3.63, 3.8) is 0 Å². The van der Waals surface area contributed by atoms with Gasteiger partial charge in [-0.15, -0.1) is 0 Å². The van der Waals surface area contributed by atoms with Crippen LogP contribution >= 0.6 is 23.2 Å². The van der Waals surface area contributed by atoms with Gasteiger partial charge in [0.25, 0.3) is 5.91 Å². The topological polar surface area (TPSA) is 22.0 Å². The first-order valence-corrected chi connectivity index (χ1v) is 8.05. The summed E-state index contributed by atoms with van der Waals surface area (Å²) >= 11 is 12.2. The number of carbonyl (C=O) groups is 1. The molecule has 0 amide bonds. The predicted octanol–water partition coefficient (Wildman–Crippen LogP) is 6.27. The van der Waals surface area contributed by atoms with Crippen LogP contribution in [0.2, 0.25) is 10.0 Å². The molecule has 3 aromatic rings. The van der Waals surface area contributed by atoms with Gasteiger partial charge in [-0.3, -0.25) is 9.36 Å². The van der Waals surface area contributed by atoms with Crippen LogP contribution in [0.3, 0.4) is 0 Å². The van der Waals surface area contributed by atoms with E-state index in [9.17, 15) is 18.0 Å². The zero-order valence-corrected chi connectivity index (χ0v) is 14.7. The molecule has 0 unspecified atom stereocenters. The summed E-state index contributed by atoms with van der Waals surface area (Å²) in [6.45, 7) is 3.19. The summed E-state index contributed by atoms with van der Waals surface area (Å²) in [5, 5.41) is 0.729. The first kappa shape index (κ1) is 17.8. The first-order valence-electron chi connectivity index (χ1n) is 7.29. The third kappa shape index (κ3) is 3.02. The molecule has 0 fully saturated rings. The monoisotopic (exact) mass is 385 g/mol. The van der Waals surface area contributed by atoms with E-state index in [1.54, 1.807) is 13.0 Å². The van der Waals surface area contributed by atoms with E-state index in [-0.39, 0.29) is 15.6 Å². The van der Waals surface area contributed by atoms with Gasteiger partial charge in [0, 0.05) is 11.6 Å². The zero-order chi connectivity index (χ0) is 18.5. The fourth-order valence-corrected chi connectivity index (χ4v) is 3.43. The molecule has 0 saturated heterocycles. The van der Waals surface area contributed by atoms with Crippen molar-refractivity contribution in [2.24, 2.45) is 0 Å². The van der Waals surface area contributed by atoms with Gasteiger partial charge < -0.3 is 0 Å². The SMILES string of the molecule is Cc1cn(C(=O)c2c(Cl)cccc2Cl)c2c(C)cc(C(F)(F)F)cc12. The minimum Gasteiger partial charge on any atom is -0.283 e. The van der Waals surface area contributed by atoms with Crippen LogP contribution in [0.25, 0.3) is 10.9 Å². The van der Waals surface area contributed by atoms with Gasteiger partial charge in [-0.1, -0.05) is 29.3 Å². The highest BCUT2D eigenvalue weighted by molar-refractivity contribution is 6.40. The molecule has 0 N–H and O–H groups in total. The van der Waals surface area contributed by atoms with Gasteiger partial charge in [0.15, 0.2) is 0 Å². The number of carbonyl (C=O) groups excluding carboxylic acids is 1. The van der Waals surface area contributed by atoms with Crippen molar-refractivity contribution in [3.8, 4) is 0 Å². The molecule has 2 aromatic carbocycles. The Balaban J connectivity index is 2.27. The number of hydrogen-bond donors (Lipinski definition) is 0. The van der Waals surface area contributed by atoms with Gasteiger partial charge >= 0.3 is 6.18 Å². The number of aromatic nitrogens is 1. The van der Waals surface area contributed by atoms with Crippen molar-refractivity contribution in [1.82, 2.24) is 4.57 Å². The van der Waals surface area contributed by atoms with Crippen molar-refractivity contribution in [1.29, 1.82) is 0 Å². The van der Waals surface area contributed by atoms with Gasteiger partial charge in [-0.25, -0.2) is 0 Å². The van der Waals surface area contributed by atoms with E-state index in [4.69, 9.17) is 23.2 Å². The van der Waals surface area contributed by atoms with Gasteiger partial charge in [-0.05, 0) is 49.2 Å². The van der Waals surface area contributed by atoms with Crippen LogP contribution < -0.4 is 0 Å². The lowest BCUT2D eigenvalue weighted by Crippen LogP contribution is -2.13. The molecule has 130 valence electrons. The Morgan fingerprint density at radius 2 is 1.64 bits per heavy atom. The van der Waals surface area contributed by atoms with Crippen LogP contribution in [0.1, 0.15) is 27.0 Å². The molecule has 1 heterocycles. The summed E-state index contributed by atoms with van der Waals surface area (Å²) in [6, 6.07) is 6.76. The Bertz CT molecular complexity index is 985. The highest BCUT2D eigenvalue weighted by Gasteiger charge is 2.32. The second-order valence-electron chi connectivity index (χ2n) is 5.77. The Labute approximate surface area is 151 Å². The van der Waals surface area contributed by atoms with Crippen LogP contribution in [0, 0.1) is 13.8 Å². The standard InChI is InChI=1S/C18H12Cl2F3NO/c1-9-6-11(18(21,22)23)7-12-10(2)8-24(16(9)12)17(25)15-13(19)4-3-5-14(15)20/h3-8H,1-2H3. The number of alkyl halides is 3. The zero-order valence-electron chi connectivity index (χ0n) is 13.2. The number of rotatable bonds is 1. The van der Waals surface area contributed by atoms with E-state index in [1.807, 2.05) is 0 Å². The Kier molecular flexibility index (Phi) is 4.33. The number of halogens is 5. The van der Waals surface area contributed by atoms with E-state index in [2.05, 4.69) is 0 Å². The maximum absolute atomic E-state index is 13.1. The van der Waals surface area contributed by atoms with Crippen molar-refractivity contribution < 1.29 is 18.0 Å². The second kappa shape index (κ2) is 6.07. The van der Waals surface area contributed by atoms with Crippen LogP contribution in [0.4, 0.5) is 13.2 Å². The fourth-order valence-electron chi connectivity index (χ4n) is 2.87. The van der Waals surface area contributed by atoms with Crippen LogP contribution in [-0.4, -0.2) is 10.5 Å². The van der Waals surface area contributed by atoms with Gasteiger partial charge in [0.1, 0.15) is 0 Å². The molecule has 7 heteroatoms. The summed E-state index contributed by atoms with van der Waals surface area (Å²) in [7, 11) is 0. The lowest BCUT2D eigenvalue weighted by molar-refractivity contribution is -0.137. The molecule has 0 aliphatic carbocycles. The third-order valence-electron chi connectivity index (χ3n) is 4.01. The van der Waals surface area contributed by atoms with Crippen LogP contribution in [-0.2, 0) is 6.18 Å². The highest BCUT2D eigenvalue weighted by Crippen LogP contribution is 2.35. The molecule has 0 bridgehead atoms. The average Bonchev–Trinajstić information content (AvgIpc) is 2.84. The molecule has 3 rings (SSSR count). The molecule has 0 radical (unpaired) electrons. The largest absolute Gasteiger partial charge is 0.416 e. The number of aryl methyl sites for hydroxylation is 2. The van der Waals surface area contributed by atoms with E-state index >= 15 is 0 Å². The quantitative estimate of drug-likeness (QED) is 0.483. The average molecular weight is 386 g/mol. The van der Waals surface area contributed by atoms with E-state index in [0.29, 0.717) is 22.0 Å².